The van der Waals surface area contributed by atoms with Crippen LogP contribution in [0.15, 0.2) is 64.3 Å². The first-order chi connectivity index (χ1) is 14.4. The molecule has 1 unspecified atom stereocenters. The summed E-state index contributed by atoms with van der Waals surface area (Å²) >= 11 is 0. The number of nitrogens with one attached hydrogen (secondary N) is 1. The van der Waals surface area contributed by atoms with Crippen molar-refractivity contribution in [3.8, 4) is 11.3 Å². The Balaban J connectivity index is 1.55. The lowest BCUT2D eigenvalue weighted by Gasteiger charge is -2.20. The highest BCUT2D eigenvalue weighted by Gasteiger charge is 2.34. The lowest BCUT2D eigenvalue weighted by atomic mass is 10.1. The summed E-state index contributed by atoms with van der Waals surface area (Å²) in [6, 6.07) is 11.6. The minimum absolute atomic E-state index is 0.0956. The summed E-state index contributed by atoms with van der Waals surface area (Å²) in [7, 11) is 0. The van der Waals surface area contributed by atoms with Crippen LogP contribution in [0.1, 0.15) is 13.3 Å². The van der Waals surface area contributed by atoms with Gasteiger partial charge in [-0.15, -0.1) is 0 Å². The lowest BCUT2D eigenvalue weighted by Crippen LogP contribution is -2.33. The second-order valence-corrected chi connectivity index (χ2v) is 6.65. The molecule has 4 rings (SSSR count). The zero-order valence-corrected chi connectivity index (χ0v) is 15.8. The topological polar surface area (TPSA) is 87.8 Å². The predicted molar refractivity (Wildman–Crippen MR) is 106 cm³/mol. The number of halogens is 2. The van der Waals surface area contributed by atoms with Gasteiger partial charge in [-0.3, -0.25) is 19.9 Å². The Morgan fingerprint density at radius 3 is 2.47 bits per heavy atom. The number of carbonyl (C=O) groups is 2. The molecule has 3 aromatic rings. The van der Waals surface area contributed by atoms with Crippen molar-refractivity contribution in [1.29, 1.82) is 0 Å². The Bertz CT molecular complexity index is 1120. The molecule has 0 spiro atoms. The van der Waals surface area contributed by atoms with Crippen LogP contribution in [-0.2, 0) is 9.59 Å². The van der Waals surface area contributed by atoms with E-state index in [9.17, 15) is 18.4 Å². The van der Waals surface area contributed by atoms with Gasteiger partial charge in [0.25, 0.3) is 5.91 Å². The third-order valence-corrected chi connectivity index (χ3v) is 4.61. The van der Waals surface area contributed by atoms with Crippen molar-refractivity contribution in [2.45, 2.75) is 19.4 Å². The summed E-state index contributed by atoms with van der Waals surface area (Å²) in [5, 5.41) is 8.19. The molecular weight excluding hydrogens is 394 g/mol. The number of hydrazone groups is 1. The van der Waals surface area contributed by atoms with E-state index in [2.05, 4.69) is 15.4 Å². The SMILES string of the molecule is CC(=O)C1CC(C(=O)Nc2nc(-c3c(F)cccc3F)co2)=NN1c1ccccc1. The third kappa shape index (κ3) is 3.69. The largest absolute Gasteiger partial charge is 0.431 e. The second-order valence-electron chi connectivity index (χ2n) is 6.65. The maximum atomic E-state index is 13.9. The molecule has 2 heterocycles. The molecule has 1 amide bonds. The highest BCUT2D eigenvalue weighted by Crippen LogP contribution is 2.28. The van der Waals surface area contributed by atoms with Crippen LogP contribution in [0.3, 0.4) is 0 Å². The standard InChI is InChI=1S/C21H16F2N4O3/c1-12(28)18-10-16(26-27(18)13-6-3-2-4-7-13)20(29)25-21-24-17(11-30-21)19-14(22)8-5-9-15(19)23/h2-9,11,18H,10H2,1H3,(H,24,25,29). The van der Waals surface area contributed by atoms with E-state index in [-0.39, 0.29) is 35.2 Å². The molecule has 2 aromatic carbocycles. The molecule has 1 atom stereocenters. The number of nitrogens with zero attached hydrogens (tertiary/aromatic N) is 3. The van der Waals surface area contributed by atoms with E-state index in [1.165, 1.54) is 18.0 Å². The fraction of sp³-hybridized carbons (Fsp3) is 0.143. The van der Waals surface area contributed by atoms with Gasteiger partial charge in [-0.2, -0.15) is 10.1 Å². The van der Waals surface area contributed by atoms with E-state index < -0.39 is 23.6 Å². The molecule has 1 N–H and O–H groups in total. The molecule has 0 fully saturated rings. The van der Waals surface area contributed by atoms with Gasteiger partial charge < -0.3 is 4.42 Å². The van der Waals surface area contributed by atoms with E-state index in [0.717, 1.165) is 18.4 Å². The van der Waals surface area contributed by atoms with E-state index in [1.54, 1.807) is 24.3 Å². The average molecular weight is 410 g/mol. The van der Waals surface area contributed by atoms with Crippen molar-refractivity contribution in [3.63, 3.8) is 0 Å². The van der Waals surface area contributed by atoms with Crippen LogP contribution < -0.4 is 10.3 Å². The number of amides is 1. The van der Waals surface area contributed by atoms with Gasteiger partial charge in [-0.1, -0.05) is 24.3 Å². The number of carbonyl (C=O) groups excluding carboxylic acids is 2. The van der Waals surface area contributed by atoms with Crippen LogP contribution in [0, 0.1) is 11.6 Å². The zero-order valence-electron chi connectivity index (χ0n) is 15.8. The number of Topliss-reactive ketones (excluding diaryl/α,β-unsaturated/α-hetero) is 1. The van der Waals surface area contributed by atoms with Gasteiger partial charge in [0.05, 0.1) is 11.3 Å². The molecule has 0 saturated carbocycles. The quantitative estimate of drug-likeness (QED) is 0.692. The Labute approximate surface area is 170 Å². The normalized spacial score (nSPS) is 15.8. The van der Waals surface area contributed by atoms with E-state index in [1.807, 2.05) is 6.07 Å². The van der Waals surface area contributed by atoms with Crippen molar-refractivity contribution >= 4 is 29.1 Å². The molecule has 0 aliphatic carbocycles. The first kappa shape index (κ1) is 19.4. The third-order valence-electron chi connectivity index (χ3n) is 4.61. The van der Waals surface area contributed by atoms with Crippen molar-refractivity contribution in [2.24, 2.45) is 5.10 Å². The number of benzene rings is 2. The first-order valence-electron chi connectivity index (χ1n) is 9.07. The number of hydrogen-bond acceptors (Lipinski definition) is 6. The van der Waals surface area contributed by atoms with Crippen molar-refractivity contribution in [2.75, 3.05) is 10.3 Å². The van der Waals surface area contributed by atoms with Gasteiger partial charge in [0.15, 0.2) is 5.78 Å². The molecule has 9 heteroatoms. The first-order valence-corrected chi connectivity index (χ1v) is 9.07. The number of hydrogen-bond donors (Lipinski definition) is 1. The van der Waals surface area contributed by atoms with Crippen molar-refractivity contribution in [3.05, 3.63) is 66.4 Å². The molecule has 0 saturated heterocycles. The summed E-state index contributed by atoms with van der Waals surface area (Å²) in [4.78, 5) is 28.6. The monoisotopic (exact) mass is 410 g/mol. The van der Waals surface area contributed by atoms with Crippen LogP contribution in [0.25, 0.3) is 11.3 Å². The average Bonchev–Trinajstić information content (AvgIpc) is 3.36. The number of para-hydroxylation sites is 1. The molecule has 1 aromatic heterocycles. The molecule has 30 heavy (non-hydrogen) atoms. The summed E-state index contributed by atoms with van der Waals surface area (Å²) in [6.07, 6.45) is 1.15. The fourth-order valence-corrected chi connectivity index (χ4v) is 3.14. The molecule has 0 radical (unpaired) electrons. The van der Waals surface area contributed by atoms with Crippen LogP contribution in [0.4, 0.5) is 20.5 Å². The molecular formula is C21H16F2N4O3. The van der Waals surface area contributed by atoms with Crippen LogP contribution in [-0.4, -0.2) is 28.4 Å². The molecule has 1 aliphatic rings. The van der Waals surface area contributed by atoms with E-state index in [4.69, 9.17) is 4.42 Å². The number of aromatic nitrogens is 1. The highest BCUT2D eigenvalue weighted by atomic mass is 19.1. The summed E-state index contributed by atoms with van der Waals surface area (Å²) < 4.78 is 33.0. The lowest BCUT2D eigenvalue weighted by molar-refractivity contribution is -0.118. The maximum Gasteiger partial charge on any atom is 0.302 e. The number of anilines is 2. The maximum absolute atomic E-state index is 13.9. The number of ketones is 1. The van der Waals surface area contributed by atoms with Gasteiger partial charge in [-0.25, -0.2) is 8.78 Å². The summed E-state index contributed by atoms with van der Waals surface area (Å²) in [6.45, 7) is 1.43. The molecule has 0 bridgehead atoms. The van der Waals surface area contributed by atoms with Crippen LogP contribution in [0.2, 0.25) is 0 Å². The smallest absolute Gasteiger partial charge is 0.302 e. The Morgan fingerprint density at radius 1 is 1.10 bits per heavy atom. The highest BCUT2D eigenvalue weighted by molar-refractivity contribution is 6.44. The minimum atomic E-state index is -0.802. The minimum Gasteiger partial charge on any atom is -0.431 e. The fourth-order valence-electron chi connectivity index (χ4n) is 3.14. The van der Waals surface area contributed by atoms with E-state index >= 15 is 0 Å². The molecule has 7 nitrogen and oxygen atoms in total. The van der Waals surface area contributed by atoms with Gasteiger partial charge in [0, 0.05) is 6.42 Å². The summed E-state index contributed by atoms with van der Waals surface area (Å²) in [5.74, 6) is -2.37. The molecule has 152 valence electrons. The van der Waals surface area contributed by atoms with Gasteiger partial charge in [0.2, 0.25) is 0 Å². The van der Waals surface area contributed by atoms with Crippen molar-refractivity contribution in [1.82, 2.24) is 4.98 Å². The van der Waals surface area contributed by atoms with Gasteiger partial charge in [-0.05, 0) is 31.2 Å². The van der Waals surface area contributed by atoms with Crippen LogP contribution in [0.5, 0.6) is 0 Å². The Hall–Kier alpha value is -3.88. The number of oxazole rings is 1. The van der Waals surface area contributed by atoms with E-state index in [0.29, 0.717) is 5.69 Å². The van der Waals surface area contributed by atoms with Crippen LogP contribution >= 0.6 is 0 Å². The Kier molecular flexibility index (Phi) is 5.09. The number of rotatable bonds is 5. The van der Waals surface area contributed by atoms with Crippen molar-refractivity contribution < 1.29 is 22.8 Å². The second kappa shape index (κ2) is 7.86. The Morgan fingerprint density at radius 2 is 1.80 bits per heavy atom. The summed E-state index contributed by atoms with van der Waals surface area (Å²) in [5.41, 5.74) is 0.332. The van der Waals surface area contributed by atoms with Gasteiger partial charge in [0.1, 0.15) is 35.3 Å². The van der Waals surface area contributed by atoms with Gasteiger partial charge >= 0.3 is 6.01 Å². The molecule has 1 aliphatic heterocycles. The zero-order chi connectivity index (χ0) is 21.3. The predicted octanol–water partition coefficient (Wildman–Crippen LogP) is 3.78.